The summed E-state index contributed by atoms with van der Waals surface area (Å²) >= 11 is 0. The SMILES string of the molecule is CCOC(=O)c1ccc2c(c1)NC(=O)C2=C(Nc1ccc(CN(C)C)c(C(F)(F)F)c1)c1ccccc1. The van der Waals surface area contributed by atoms with E-state index in [0.717, 1.165) is 6.07 Å². The molecular weight excluding hydrogens is 483 g/mol. The fraction of sp³-hybridized carbons (Fsp3) is 0.214. The molecule has 4 rings (SSSR count). The molecule has 3 aromatic carbocycles. The molecule has 0 aliphatic carbocycles. The predicted molar refractivity (Wildman–Crippen MR) is 137 cm³/mol. The van der Waals surface area contributed by atoms with Crippen LogP contribution in [0.1, 0.15) is 39.5 Å². The van der Waals surface area contributed by atoms with E-state index in [2.05, 4.69) is 10.6 Å². The lowest BCUT2D eigenvalue weighted by atomic mass is 9.98. The van der Waals surface area contributed by atoms with E-state index in [9.17, 15) is 22.8 Å². The number of benzene rings is 3. The van der Waals surface area contributed by atoms with Gasteiger partial charge in [0, 0.05) is 17.8 Å². The second kappa shape index (κ2) is 10.5. The normalized spacial score (nSPS) is 14.3. The van der Waals surface area contributed by atoms with E-state index >= 15 is 0 Å². The molecule has 9 heteroatoms. The van der Waals surface area contributed by atoms with Crippen LogP contribution in [0.5, 0.6) is 0 Å². The van der Waals surface area contributed by atoms with Crippen molar-refractivity contribution in [1.82, 2.24) is 4.90 Å². The molecule has 0 spiro atoms. The molecule has 0 unspecified atom stereocenters. The first kappa shape index (κ1) is 26.0. The molecule has 0 saturated heterocycles. The zero-order valence-corrected chi connectivity index (χ0v) is 20.6. The number of anilines is 2. The van der Waals surface area contributed by atoms with Gasteiger partial charge in [-0.05, 0) is 56.4 Å². The van der Waals surface area contributed by atoms with Crippen LogP contribution in [-0.4, -0.2) is 37.5 Å². The Morgan fingerprint density at radius 1 is 1.00 bits per heavy atom. The van der Waals surface area contributed by atoms with E-state index in [4.69, 9.17) is 4.74 Å². The van der Waals surface area contributed by atoms with Gasteiger partial charge in [0.25, 0.3) is 5.91 Å². The number of esters is 1. The average Bonchev–Trinajstić information content (AvgIpc) is 3.17. The zero-order chi connectivity index (χ0) is 26.7. The summed E-state index contributed by atoms with van der Waals surface area (Å²) in [4.78, 5) is 27.0. The van der Waals surface area contributed by atoms with Crippen LogP contribution in [0.2, 0.25) is 0 Å². The predicted octanol–water partition coefficient (Wildman–Crippen LogP) is 5.88. The van der Waals surface area contributed by atoms with E-state index in [1.54, 1.807) is 74.4 Å². The summed E-state index contributed by atoms with van der Waals surface area (Å²) in [6.45, 7) is 2.03. The maximum Gasteiger partial charge on any atom is 0.416 e. The van der Waals surface area contributed by atoms with E-state index in [-0.39, 0.29) is 35.5 Å². The number of hydrogen-bond donors (Lipinski definition) is 2. The van der Waals surface area contributed by atoms with Gasteiger partial charge in [-0.25, -0.2) is 4.79 Å². The van der Waals surface area contributed by atoms with Gasteiger partial charge < -0.3 is 20.3 Å². The number of carbonyl (C=O) groups is 2. The summed E-state index contributed by atoms with van der Waals surface area (Å²) in [5.74, 6) is -0.960. The van der Waals surface area contributed by atoms with Crippen molar-refractivity contribution in [1.29, 1.82) is 0 Å². The molecule has 6 nitrogen and oxygen atoms in total. The Bertz CT molecular complexity index is 1370. The molecule has 1 aliphatic rings. The number of halogens is 3. The van der Waals surface area contributed by atoms with E-state index in [1.807, 2.05) is 0 Å². The van der Waals surface area contributed by atoms with E-state index in [1.165, 1.54) is 12.1 Å². The van der Waals surface area contributed by atoms with Gasteiger partial charge in [0.2, 0.25) is 0 Å². The highest BCUT2D eigenvalue weighted by molar-refractivity contribution is 6.37. The van der Waals surface area contributed by atoms with Crippen LogP contribution in [0.4, 0.5) is 24.5 Å². The summed E-state index contributed by atoms with van der Waals surface area (Å²) in [5.41, 5.74) is 2.00. The molecule has 1 aliphatic heterocycles. The molecule has 1 amide bonds. The second-order valence-corrected chi connectivity index (χ2v) is 8.78. The fourth-order valence-corrected chi connectivity index (χ4v) is 4.19. The highest BCUT2D eigenvalue weighted by Gasteiger charge is 2.34. The van der Waals surface area contributed by atoms with Gasteiger partial charge in [0.1, 0.15) is 0 Å². The number of amides is 1. The van der Waals surface area contributed by atoms with E-state index < -0.39 is 23.6 Å². The lowest BCUT2D eigenvalue weighted by molar-refractivity contribution is -0.138. The molecule has 1 heterocycles. The van der Waals surface area contributed by atoms with Gasteiger partial charge in [0.15, 0.2) is 0 Å². The quantitative estimate of drug-likeness (QED) is 0.308. The lowest BCUT2D eigenvalue weighted by Crippen LogP contribution is -2.17. The smallest absolute Gasteiger partial charge is 0.416 e. The Kier molecular flexibility index (Phi) is 7.35. The first-order valence-corrected chi connectivity index (χ1v) is 11.6. The third-order valence-corrected chi connectivity index (χ3v) is 5.76. The number of hydrogen-bond acceptors (Lipinski definition) is 5. The standard InChI is InChI=1S/C28H26F3N3O3/c1-4-37-27(36)18-11-13-21-23(14-18)33-26(35)24(21)25(17-8-6-5-7-9-17)32-20-12-10-19(16-34(2)3)22(15-20)28(29,30)31/h5-15,32H,4,16H2,1-3H3,(H,33,35). The number of rotatable bonds is 7. The van der Waals surface area contributed by atoms with Gasteiger partial charge in [0.05, 0.1) is 34.7 Å². The number of alkyl halides is 3. The number of ether oxygens (including phenoxy) is 1. The number of nitrogens with zero attached hydrogens (tertiary/aromatic N) is 1. The van der Waals surface area contributed by atoms with Crippen molar-refractivity contribution in [3.05, 3.63) is 94.5 Å². The fourth-order valence-electron chi connectivity index (χ4n) is 4.19. The molecule has 3 aromatic rings. The van der Waals surface area contributed by atoms with E-state index in [0.29, 0.717) is 22.5 Å². The summed E-state index contributed by atoms with van der Waals surface area (Å²) in [6, 6.07) is 17.6. The molecule has 192 valence electrons. The van der Waals surface area contributed by atoms with Crippen LogP contribution in [0.3, 0.4) is 0 Å². The van der Waals surface area contributed by atoms with Crippen molar-refractivity contribution in [2.75, 3.05) is 31.3 Å². The highest BCUT2D eigenvalue weighted by Crippen LogP contribution is 2.39. The minimum absolute atomic E-state index is 0.125. The molecule has 0 aromatic heterocycles. The summed E-state index contributed by atoms with van der Waals surface area (Å²) in [5, 5.41) is 5.83. The van der Waals surface area contributed by atoms with Crippen molar-refractivity contribution in [3.8, 4) is 0 Å². The third kappa shape index (κ3) is 5.67. The third-order valence-electron chi connectivity index (χ3n) is 5.76. The van der Waals surface area contributed by atoms with Crippen molar-refractivity contribution >= 4 is 34.5 Å². The number of fused-ring (bicyclic) bond motifs is 1. The summed E-state index contributed by atoms with van der Waals surface area (Å²) < 4.78 is 46.7. The van der Waals surface area contributed by atoms with Gasteiger partial charge in [-0.3, -0.25) is 4.79 Å². The molecule has 0 atom stereocenters. The zero-order valence-electron chi connectivity index (χ0n) is 20.6. The first-order chi connectivity index (χ1) is 17.6. The molecule has 0 fully saturated rings. The molecule has 2 N–H and O–H groups in total. The largest absolute Gasteiger partial charge is 0.462 e. The van der Waals surface area contributed by atoms with Crippen LogP contribution < -0.4 is 10.6 Å². The minimum Gasteiger partial charge on any atom is -0.462 e. The molecule has 37 heavy (non-hydrogen) atoms. The molecule has 0 radical (unpaired) electrons. The van der Waals surface area contributed by atoms with Crippen molar-refractivity contribution < 1.29 is 27.5 Å². The Labute approximate surface area is 212 Å². The van der Waals surface area contributed by atoms with Crippen LogP contribution in [0, 0.1) is 0 Å². The van der Waals surface area contributed by atoms with Gasteiger partial charge in [-0.15, -0.1) is 0 Å². The lowest BCUT2D eigenvalue weighted by Gasteiger charge is -2.19. The van der Waals surface area contributed by atoms with Crippen LogP contribution in [0.25, 0.3) is 11.3 Å². The summed E-state index contributed by atoms with van der Waals surface area (Å²) in [7, 11) is 3.40. The second-order valence-electron chi connectivity index (χ2n) is 8.78. The average molecular weight is 510 g/mol. The van der Waals surface area contributed by atoms with Crippen LogP contribution in [0.15, 0.2) is 66.7 Å². The Hall–Kier alpha value is -4.11. The Morgan fingerprint density at radius 3 is 2.38 bits per heavy atom. The Balaban J connectivity index is 1.83. The molecular formula is C28H26F3N3O3. The van der Waals surface area contributed by atoms with Crippen molar-refractivity contribution in [2.45, 2.75) is 19.6 Å². The maximum absolute atomic E-state index is 13.9. The number of carbonyl (C=O) groups excluding carboxylic acids is 2. The Morgan fingerprint density at radius 2 is 1.73 bits per heavy atom. The first-order valence-electron chi connectivity index (χ1n) is 11.6. The van der Waals surface area contributed by atoms with Gasteiger partial charge in [-0.1, -0.05) is 42.5 Å². The number of nitrogens with one attached hydrogen (secondary N) is 2. The molecule has 0 bridgehead atoms. The molecule has 0 saturated carbocycles. The topological polar surface area (TPSA) is 70.7 Å². The highest BCUT2D eigenvalue weighted by atomic mass is 19.4. The van der Waals surface area contributed by atoms with Gasteiger partial charge >= 0.3 is 12.1 Å². The monoisotopic (exact) mass is 509 g/mol. The van der Waals surface area contributed by atoms with Crippen LogP contribution in [-0.2, 0) is 22.3 Å². The van der Waals surface area contributed by atoms with Gasteiger partial charge in [-0.2, -0.15) is 13.2 Å². The minimum atomic E-state index is -4.55. The van der Waals surface area contributed by atoms with Crippen LogP contribution >= 0.6 is 0 Å². The van der Waals surface area contributed by atoms with Crippen molar-refractivity contribution in [3.63, 3.8) is 0 Å². The van der Waals surface area contributed by atoms with Crippen molar-refractivity contribution in [2.24, 2.45) is 0 Å². The summed E-state index contributed by atoms with van der Waals surface area (Å²) in [6.07, 6.45) is -4.55. The maximum atomic E-state index is 13.9.